The van der Waals surface area contributed by atoms with Crippen LogP contribution in [-0.2, 0) is 16.6 Å². The summed E-state index contributed by atoms with van der Waals surface area (Å²) in [4.78, 5) is 11.6. The summed E-state index contributed by atoms with van der Waals surface area (Å²) in [7, 11) is 0. The van der Waals surface area contributed by atoms with Crippen molar-refractivity contribution >= 4 is 17.5 Å². The minimum Gasteiger partial charge on any atom is -0.294 e. The molecule has 2 atom stereocenters. The van der Waals surface area contributed by atoms with Crippen LogP contribution in [0.25, 0.3) is 0 Å². The maximum Gasteiger partial charge on any atom is 0.286 e. The Hall–Kier alpha value is -0.190. The molecule has 0 aromatic heterocycles. The molecule has 0 radical (unpaired) electrons. The average molecular weight is 281 g/mol. The number of Topliss-reactive ketones (excluding diaryl/α,β-unsaturated/α-hetero) is 1. The van der Waals surface area contributed by atoms with E-state index < -0.39 is 11.6 Å². The monoisotopic (exact) mass is 281 g/mol. The summed E-state index contributed by atoms with van der Waals surface area (Å²) in [5.74, 6) is -3.27. The fourth-order valence-electron chi connectivity index (χ4n) is 2.77. The average Bonchev–Trinajstić information content (AvgIpc) is 2.32. The number of rotatable bonds is 3. The summed E-state index contributed by atoms with van der Waals surface area (Å²) in [6, 6.07) is 0. The van der Waals surface area contributed by atoms with Crippen LogP contribution in [0.15, 0.2) is 0 Å². The second-order valence-electron chi connectivity index (χ2n) is 5.45. The molecule has 0 aromatic rings. The lowest BCUT2D eigenvalue weighted by molar-refractivity contribution is -0.150. The first-order chi connectivity index (χ1) is 8.45. The third-order valence-electron chi connectivity index (χ3n) is 4.05. The lowest BCUT2D eigenvalue weighted by atomic mass is 9.84. The molecule has 5 heteroatoms. The van der Waals surface area contributed by atoms with Gasteiger partial charge in [0.1, 0.15) is 5.75 Å². The second kappa shape index (κ2) is 5.43. The zero-order valence-corrected chi connectivity index (χ0v) is 11.3. The van der Waals surface area contributed by atoms with E-state index in [1.165, 1.54) is 0 Å². The predicted molar refractivity (Wildman–Crippen MR) is 68.1 cm³/mol. The first kappa shape index (κ1) is 14.2. The molecule has 2 unspecified atom stereocenters. The van der Waals surface area contributed by atoms with E-state index >= 15 is 0 Å². The van der Waals surface area contributed by atoms with Crippen molar-refractivity contribution in [2.24, 2.45) is 0 Å². The van der Waals surface area contributed by atoms with Crippen molar-refractivity contribution in [2.75, 3.05) is 5.75 Å². The van der Waals surface area contributed by atoms with Gasteiger partial charge in [0.05, 0.1) is 0 Å². The number of halogens is 3. The number of hydrogen-bond acceptors (Lipinski definition) is 1. The maximum absolute atomic E-state index is 14.4. The summed E-state index contributed by atoms with van der Waals surface area (Å²) < 4.78 is 41.6. The van der Waals surface area contributed by atoms with Crippen LogP contribution >= 0.6 is 0 Å². The molecule has 2 aliphatic rings. The molecule has 1 nitrogen and oxygen atoms in total. The number of alkyl halides is 3. The van der Waals surface area contributed by atoms with Crippen LogP contribution in [0.2, 0.25) is 0 Å². The van der Waals surface area contributed by atoms with Gasteiger partial charge in [0.2, 0.25) is 5.67 Å². The van der Waals surface area contributed by atoms with E-state index in [-0.39, 0.29) is 29.6 Å². The summed E-state index contributed by atoms with van der Waals surface area (Å²) >= 11 is 0.567. The normalized spacial score (nSPS) is 36.6. The SMILES string of the molecule is O=C1CCCCC1[SH+]CC1(F)CCCCC1(F)F. The van der Waals surface area contributed by atoms with Gasteiger partial charge in [0.25, 0.3) is 5.92 Å². The number of ketones is 1. The van der Waals surface area contributed by atoms with Gasteiger partial charge in [-0.2, -0.15) is 0 Å². The molecule has 0 bridgehead atoms. The highest BCUT2D eigenvalue weighted by atomic mass is 32.2. The van der Waals surface area contributed by atoms with E-state index in [2.05, 4.69) is 0 Å². The lowest BCUT2D eigenvalue weighted by Crippen LogP contribution is -2.51. The molecule has 2 rings (SSSR count). The van der Waals surface area contributed by atoms with Crippen molar-refractivity contribution in [2.45, 2.75) is 68.2 Å². The zero-order valence-electron chi connectivity index (χ0n) is 10.4. The van der Waals surface area contributed by atoms with Crippen LogP contribution in [0.3, 0.4) is 0 Å². The Bertz CT molecular complexity index is 321. The van der Waals surface area contributed by atoms with Gasteiger partial charge in [-0.05, 0) is 43.9 Å². The molecule has 0 aliphatic heterocycles. The van der Waals surface area contributed by atoms with Gasteiger partial charge in [0, 0.05) is 19.3 Å². The van der Waals surface area contributed by atoms with Crippen LogP contribution in [-0.4, -0.2) is 28.4 Å². The first-order valence-corrected chi connectivity index (χ1v) is 7.86. The zero-order chi connectivity index (χ0) is 13.2. The molecule has 2 saturated carbocycles. The highest BCUT2D eigenvalue weighted by Gasteiger charge is 2.58. The topological polar surface area (TPSA) is 17.1 Å². The summed E-state index contributed by atoms with van der Waals surface area (Å²) in [5, 5.41) is -0.205. The number of thiol groups is 1. The van der Waals surface area contributed by atoms with E-state index in [1.807, 2.05) is 0 Å². The van der Waals surface area contributed by atoms with E-state index in [0.717, 1.165) is 19.3 Å². The van der Waals surface area contributed by atoms with Gasteiger partial charge in [-0.3, -0.25) is 4.79 Å². The standard InChI is InChI=1S/C13H19F3OS/c14-12(7-3-4-8-13(12,15)16)9-18-11-6-2-1-5-10(11)17/h11H,1-9H2/p+1. The van der Waals surface area contributed by atoms with Crippen molar-refractivity contribution in [1.29, 1.82) is 0 Å². The van der Waals surface area contributed by atoms with Gasteiger partial charge in [0.15, 0.2) is 11.0 Å². The van der Waals surface area contributed by atoms with Crippen LogP contribution in [0.4, 0.5) is 13.2 Å². The quantitative estimate of drug-likeness (QED) is 0.573. The molecule has 18 heavy (non-hydrogen) atoms. The van der Waals surface area contributed by atoms with Gasteiger partial charge >= 0.3 is 0 Å². The second-order valence-corrected chi connectivity index (χ2v) is 6.75. The number of hydrogen-bond donors (Lipinski definition) is 0. The van der Waals surface area contributed by atoms with Crippen molar-refractivity contribution in [3.63, 3.8) is 0 Å². The Balaban J connectivity index is 1.93. The Labute approximate surface area is 110 Å². The Kier molecular flexibility index (Phi) is 4.29. The molecule has 104 valence electrons. The summed E-state index contributed by atoms with van der Waals surface area (Å²) in [6.45, 7) is 0. The molecular formula is C13H20F3OS+. The molecule has 0 N–H and O–H groups in total. The third kappa shape index (κ3) is 2.86. The Morgan fingerprint density at radius 2 is 1.83 bits per heavy atom. The maximum atomic E-state index is 14.4. The number of carbonyl (C=O) groups is 1. The molecule has 2 aliphatic carbocycles. The summed E-state index contributed by atoms with van der Waals surface area (Å²) in [5.41, 5.74) is -2.38. The highest BCUT2D eigenvalue weighted by Crippen LogP contribution is 2.45. The highest BCUT2D eigenvalue weighted by molar-refractivity contribution is 7.80. The van der Waals surface area contributed by atoms with Crippen LogP contribution in [0, 0.1) is 0 Å². The van der Waals surface area contributed by atoms with Crippen molar-refractivity contribution in [3.05, 3.63) is 0 Å². The molecule has 0 spiro atoms. The van der Waals surface area contributed by atoms with Crippen LogP contribution < -0.4 is 0 Å². The first-order valence-electron chi connectivity index (χ1n) is 6.71. The molecule has 0 aromatic carbocycles. The van der Waals surface area contributed by atoms with E-state index in [9.17, 15) is 18.0 Å². The molecular weight excluding hydrogens is 261 g/mol. The van der Waals surface area contributed by atoms with Gasteiger partial charge < -0.3 is 0 Å². The predicted octanol–water partition coefficient (Wildman–Crippen LogP) is 3.23. The van der Waals surface area contributed by atoms with E-state index in [1.54, 1.807) is 0 Å². The smallest absolute Gasteiger partial charge is 0.286 e. The fourth-order valence-corrected chi connectivity index (χ4v) is 4.36. The fraction of sp³-hybridized carbons (Fsp3) is 0.923. The molecule has 0 amide bonds. The summed E-state index contributed by atoms with van der Waals surface area (Å²) in [6.07, 6.45) is 3.64. The Morgan fingerprint density at radius 1 is 1.11 bits per heavy atom. The van der Waals surface area contributed by atoms with Crippen LogP contribution in [0.1, 0.15) is 51.4 Å². The minimum absolute atomic E-state index is 0.0616. The van der Waals surface area contributed by atoms with E-state index in [0.29, 0.717) is 31.0 Å². The number of carbonyl (C=O) groups excluding carboxylic acids is 1. The molecule has 2 fully saturated rings. The van der Waals surface area contributed by atoms with Crippen molar-refractivity contribution < 1.29 is 18.0 Å². The minimum atomic E-state index is -3.21. The van der Waals surface area contributed by atoms with Gasteiger partial charge in [-0.1, -0.05) is 0 Å². The van der Waals surface area contributed by atoms with Gasteiger partial charge in [-0.25, -0.2) is 13.2 Å². The van der Waals surface area contributed by atoms with Crippen molar-refractivity contribution in [1.82, 2.24) is 0 Å². The largest absolute Gasteiger partial charge is 0.294 e. The molecule has 0 heterocycles. The third-order valence-corrected chi connectivity index (χ3v) is 5.72. The molecule has 0 saturated heterocycles. The van der Waals surface area contributed by atoms with Gasteiger partial charge in [-0.15, -0.1) is 0 Å². The lowest BCUT2D eigenvalue weighted by Gasteiger charge is -2.35. The van der Waals surface area contributed by atoms with E-state index in [4.69, 9.17) is 0 Å². The van der Waals surface area contributed by atoms with Crippen molar-refractivity contribution in [3.8, 4) is 0 Å². The van der Waals surface area contributed by atoms with Crippen LogP contribution in [0.5, 0.6) is 0 Å². The Morgan fingerprint density at radius 3 is 2.50 bits per heavy atom.